The van der Waals surface area contributed by atoms with Crippen LogP contribution in [-0.4, -0.2) is 24.2 Å². The van der Waals surface area contributed by atoms with Crippen LogP contribution in [0.25, 0.3) is 0 Å². The largest absolute Gasteiger partial charge is 0.381 e. The van der Waals surface area contributed by atoms with Gasteiger partial charge < -0.3 is 15.4 Å². The third-order valence-electron chi connectivity index (χ3n) is 4.62. The zero-order valence-electron chi connectivity index (χ0n) is 11.8. The summed E-state index contributed by atoms with van der Waals surface area (Å²) in [6.07, 6.45) is 5.37. The van der Waals surface area contributed by atoms with Crippen LogP contribution in [0.3, 0.4) is 0 Å². The van der Waals surface area contributed by atoms with Gasteiger partial charge in [-0.15, -0.1) is 0 Å². The summed E-state index contributed by atoms with van der Waals surface area (Å²) in [5.74, 6) is -0.366. The normalized spacial score (nSPS) is 30.4. The number of hydrogen-bond acceptors (Lipinski definition) is 3. The van der Waals surface area contributed by atoms with E-state index in [-0.39, 0.29) is 29.9 Å². The molecule has 4 rings (SSSR count). The Bertz CT molecular complexity index is 573. The molecule has 1 aromatic carbocycles. The van der Waals surface area contributed by atoms with E-state index in [4.69, 9.17) is 4.74 Å². The molecule has 2 heterocycles. The molecule has 5 heteroatoms. The first kappa shape index (κ1) is 13.1. The van der Waals surface area contributed by atoms with Gasteiger partial charge in [0.05, 0.1) is 29.5 Å². The first-order valence-electron chi connectivity index (χ1n) is 7.71. The summed E-state index contributed by atoms with van der Waals surface area (Å²) in [6.45, 7) is 0. The molecule has 1 aliphatic carbocycles. The number of halogens is 1. The van der Waals surface area contributed by atoms with Gasteiger partial charge in [-0.25, -0.2) is 4.39 Å². The Morgan fingerprint density at radius 1 is 1.19 bits per heavy atom. The second-order valence-corrected chi connectivity index (χ2v) is 6.31. The van der Waals surface area contributed by atoms with Crippen molar-refractivity contribution in [2.24, 2.45) is 5.92 Å². The van der Waals surface area contributed by atoms with Gasteiger partial charge in [-0.3, -0.25) is 4.79 Å². The highest BCUT2D eigenvalue weighted by molar-refractivity contribution is 5.96. The molecule has 4 nitrogen and oxygen atoms in total. The van der Waals surface area contributed by atoms with Crippen molar-refractivity contribution in [3.63, 3.8) is 0 Å². The first-order valence-corrected chi connectivity index (χ1v) is 7.71. The van der Waals surface area contributed by atoms with Crippen LogP contribution in [0.1, 0.15) is 32.1 Å². The fourth-order valence-electron chi connectivity index (χ4n) is 3.33. The number of carbonyl (C=O) groups is 1. The van der Waals surface area contributed by atoms with Crippen molar-refractivity contribution in [1.29, 1.82) is 0 Å². The zero-order valence-corrected chi connectivity index (χ0v) is 11.8. The summed E-state index contributed by atoms with van der Waals surface area (Å²) < 4.78 is 19.1. The molecule has 2 N–H and O–H groups in total. The van der Waals surface area contributed by atoms with E-state index in [0.29, 0.717) is 17.4 Å². The number of rotatable bonds is 4. The summed E-state index contributed by atoms with van der Waals surface area (Å²) in [5, 5.41) is 6.22. The minimum Gasteiger partial charge on any atom is -0.381 e. The van der Waals surface area contributed by atoms with E-state index in [0.717, 1.165) is 32.1 Å². The Morgan fingerprint density at radius 3 is 2.71 bits per heavy atom. The third kappa shape index (κ3) is 2.62. The lowest BCUT2D eigenvalue weighted by molar-refractivity contribution is -0.121. The molecule has 0 aromatic heterocycles. The van der Waals surface area contributed by atoms with E-state index in [2.05, 4.69) is 10.6 Å². The molecule has 1 amide bonds. The first-order chi connectivity index (χ1) is 10.2. The lowest BCUT2D eigenvalue weighted by atomic mass is 9.88. The highest BCUT2D eigenvalue weighted by Crippen LogP contribution is 2.39. The summed E-state index contributed by atoms with van der Waals surface area (Å²) in [4.78, 5) is 12.4. The third-order valence-corrected chi connectivity index (χ3v) is 4.62. The van der Waals surface area contributed by atoms with Crippen molar-refractivity contribution in [3.8, 4) is 0 Å². The van der Waals surface area contributed by atoms with E-state index in [1.165, 1.54) is 12.1 Å². The topological polar surface area (TPSA) is 50.4 Å². The number of amides is 1. The summed E-state index contributed by atoms with van der Waals surface area (Å²) in [6, 6.07) is 4.87. The second kappa shape index (κ2) is 4.98. The lowest BCUT2D eigenvalue weighted by Crippen LogP contribution is -2.30. The monoisotopic (exact) mass is 290 g/mol. The van der Waals surface area contributed by atoms with Crippen molar-refractivity contribution in [2.75, 3.05) is 10.6 Å². The second-order valence-electron chi connectivity index (χ2n) is 6.31. The number of anilines is 2. The van der Waals surface area contributed by atoms with E-state index < -0.39 is 0 Å². The molecule has 1 saturated carbocycles. The molecule has 0 radical (unpaired) electrons. The SMILES string of the molecule is O=C(Nc1ccc(F)cc1NC1CC1)[C@H]1C[C@H]2CC[C@H]1O2. The number of fused-ring (bicyclic) bond motifs is 2. The van der Waals surface area contributed by atoms with E-state index in [1.54, 1.807) is 6.07 Å². The van der Waals surface area contributed by atoms with Crippen molar-refractivity contribution >= 4 is 17.3 Å². The minimum absolute atomic E-state index is 0.00680. The van der Waals surface area contributed by atoms with Gasteiger partial charge >= 0.3 is 0 Å². The van der Waals surface area contributed by atoms with E-state index >= 15 is 0 Å². The molecule has 2 saturated heterocycles. The Hall–Kier alpha value is -1.62. The van der Waals surface area contributed by atoms with Crippen LogP contribution in [-0.2, 0) is 9.53 Å². The molecule has 3 fully saturated rings. The molecule has 112 valence electrons. The average molecular weight is 290 g/mol. The number of ether oxygens (including phenoxy) is 1. The molecule has 1 aromatic rings. The van der Waals surface area contributed by atoms with Crippen LogP contribution in [0.2, 0.25) is 0 Å². The van der Waals surface area contributed by atoms with Crippen molar-refractivity contribution < 1.29 is 13.9 Å². The average Bonchev–Trinajstić information content (AvgIpc) is 3.03. The molecular formula is C16H19FN2O2. The quantitative estimate of drug-likeness (QED) is 0.896. The van der Waals surface area contributed by atoms with Gasteiger partial charge in [0.15, 0.2) is 0 Å². The molecule has 2 bridgehead atoms. The maximum Gasteiger partial charge on any atom is 0.230 e. The predicted octanol–water partition coefficient (Wildman–Crippen LogP) is 2.91. The summed E-state index contributed by atoms with van der Waals surface area (Å²) in [5.41, 5.74) is 1.34. The van der Waals surface area contributed by atoms with Gasteiger partial charge in [-0.2, -0.15) is 0 Å². The van der Waals surface area contributed by atoms with E-state index in [9.17, 15) is 9.18 Å². The van der Waals surface area contributed by atoms with Gasteiger partial charge in [-0.1, -0.05) is 0 Å². The maximum absolute atomic E-state index is 13.4. The van der Waals surface area contributed by atoms with Crippen LogP contribution in [0, 0.1) is 11.7 Å². The number of benzene rings is 1. The van der Waals surface area contributed by atoms with Gasteiger partial charge in [-0.05, 0) is 50.3 Å². The summed E-state index contributed by atoms with van der Waals surface area (Å²) in [7, 11) is 0. The molecule has 3 aliphatic rings. The van der Waals surface area contributed by atoms with E-state index in [1.807, 2.05) is 0 Å². The van der Waals surface area contributed by atoms with Crippen molar-refractivity contribution in [2.45, 2.75) is 50.4 Å². The van der Waals surface area contributed by atoms with Gasteiger partial charge in [0.1, 0.15) is 5.82 Å². The van der Waals surface area contributed by atoms with Gasteiger partial charge in [0, 0.05) is 6.04 Å². The minimum atomic E-state index is -0.292. The number of hydrogen-bond donors (Lipinski definition) is 2. The molecule has 3 atom stereocenters. The van der Waals surface area contributed by atoms with Gasteiger partial charge in [0.2, 0.25) is 5.91 Å². The van der Waals surface area contributed by atoms with Crippen LogP contribution in [0.4, 0.5) is 15.8 Å². The smallest absolute Gasteiger partial charge is 0.230 e. The molecule has 0 unspecified atom stereocenters. The summed E-state index contributed by atoms with van der Waals surface area (Å²) >= 11 is 0. The number of nitrogens with one attached hydrogen (secondary N) is 2. The van der Waals surface area contributed by atoms with Crippen LogP contribution in [0.15, 0.2) is 18.2 Å². The Morgan fingerprint density at radius 2 is 2.05 bits per heavy atom. The van der Waals surface area contributed by atoms with Crippen molar-refractivity contribution in [3.05, 3.63) is 24.0 Å². The Balaban J connectivity index is 1.49. The molecule has 2 aliphatic heterocycles. The fourth-order valence-corrected chi connectivity index (χ4v) is 3.33. The van der Waals surface area contributed by atoms with Crippen LogP contribution in [0.5, 0.6) is 0 Å². The molecule has 21 heavy (non-hydrogen) atoms. The fraction of sp³-hybridized carbons (Fsp3) is 0.562. The number of carbonyl (C=O) groups excluding carboxylic acids is 1. The molecular weight excluding hydrogens is 271 g/mol. The van der Waals surface area contributed by atoms with Crippen molar-refractivity contribution in [1.82, 2.24) is 0 Å². The zero-order chi connectivity index (χ0) is 14.4. The van der Waals surface area contributed by atoms with Gasteiger partial charge in [0.25, 0.3) is 0 Å². The highest BCUT2D eigenvalue weighted by atomic mass is 19.1. The Kier molecular flexibility index (Phi) is 3.10. The Labute approximate surface area is 123 Å². The van der Waals surface area contributed by atoms with Crippen LogP contribution < -0.4 is 10.6 Å². The standard InChI is InChI=1S/C16H19FN2O2/c17-9-1-5-13(14(7-9)18-10-2-3-10)19-16(20)12-8-11-4-6-15(12)21-11/h1,5,7,10-12,15,18H,2-4,6,8H2,(H,19,20)/t11-,12+,15-/m1/s1. The maximum atomic E-state index is 13.4. The lowest BCUT2D eigenvalue weighted by Gasteiger charge is -2.19. The van der Waals surface area contributed by atoms with Crippen LogP contribution >= 0.6 is 0 Å². The molecule has 0 spiro atoms. The predicted molar refractivity (Wildman–Crippen MR) is 77.7 cm³/mol. The highest BCUT2D eigenvalue weighted by Gasteiger charge is 2.44.